The summed E-state index contributed by atoms with van der Waals surface area (Å²) >= 11 is 0. The molecule has 9 heteroatoms. The van der Waals surface area contributed by atoms with E-state index in [1.165, 1.54) is 24.1 Å². The molecule has 3 rings (SSSR count). The highest BCUT2D eigenvalue weighted by Gasteiger charge is 2.29. The fourth-order valence-electron chi connectivity index (χ4n) is 3.08. The fourth-order valence-corrected chi connectivity index (χ4v) is 4.32. The fraction of sp³-hybridized carbons (Fsp3) is 0.444. The molecule has 0 bridgehead atoms. The van der Waals surface area contributed by atoms with E-state index in [1.807, 2.05) is 6.20 Å². The molecular weight excluding hydrogens is 368 g/mol. The van der Waals surface area contributed by atoms with Gasteiger partial charge < -0.3 is 9.64 Å². The van der Waals surface area contributed by atoms with Gasteiger partial charge in [-0.15, -0.1) is 0 Å². The van der Waals surface area contributed by atoms with Crippen molar-refractivity contribution >= 4 is 15.9 Å². The summed E-state index contributed by atoms with van der Waals surface area (Å²) in [4.78, 5) is 13.6. The van der Waals surface area contributed by atoms with Gasteiger partial charge in [0.05, 0.1) is 23.7 Å². The molecule has 1 aliphatic carbocycles. The zero-order valence-electron chi connectivity index (χ0n) is 15.7. The molecule has 0 radical (unpaired) electrons. The number of benzene rings is 1. The number of nitrogens with zero attached hydrogens (tertiary/aromatic N) is 3. The van der Waals surface area contributed by atoms with Crippen LogP contribution in [0, 0.1) is 0 Å². The summed E-state index contributed by atoms with van der Waals surface area (Å²) in [5.41, 5.74) is 1.68. The maximum absolute atomic E-state index is 12.7. The lowest BCUT2D eigenvalue weighted by Gasteiger charge is -2.22. The normalized spacial score (nSPS) is 16.6. The first kappa shape index (κ1) is 19.4. The Morgan fingerprint density at radius 2 is 2.04 bits per heavy atom. The molecule has 1 heterocycles. The van der Waals surface area contributed by atoms with E-state index in [9.17, 15) is 13.2 Å². The van der Waals surface area contributed by atoms with E-state index >= 15 is 0 Å². The van der Waals surface area contributed by atoms with Crippen LogP contribution in [0.15, 0.2) is 35.4 Å². The summed E-state index contributed by atoms with van der Waals surface area (Å²) in [6, 6.07) is 5.85. The molecule has 8 nitrogen and oxygen atoms in total. The number of rotatable bonds is 6. The number of carbonyl (C=O) groups excluding carboxylic acids is 1. The molecule has 0 saturated heterocycles. The number of aryl methyl sites for hydroxylation is 1. The van der Waals surface area contributed by atoms with E-state index < -0.39 is 16.1 Å². The number of ether oxygens (including phenoxy) is 1. The zero-order valence-corrected chi connectivity index (χ0v) is 16.5. The van der Waals surface area contributed by atoms with Gasteiger partial charge in [-0.1, -0.05) is 0 Å². The van der Waals surface area contributed by atoms with Crippen LogP contribution in [-0.2, 0) is 27.8 Å². The number of methoxy groups -OCH3 is 1. The first-order valence-corrected chi connectivity index (χ1v) is 10.2. The zero-order chi connectivity index (χ0) is 19.6. The van der Waals surface area contributed by atoms with Gasteiger partial charge in [0.1, 0.15) is 12.3 Å². The predicted octanol–water partition coefficient (Wildman–Crippen LogP) is 1.34. The Kier molecular flexibility index (Phi) is 5.52. The smallest absolute Gasteiger partial charge is 0.243 e. The third-order valence-electron chi connectivity index (χ3n) is 4.60. The SMILES string of the molecule is COc1ccc(S(=O)(=O)N[C@H]2CCCc3cn(CC(=O)N(C)C)nc32)cc1. The Balaban J connectivity index is 1.80. The molecule has 1 amide bonds. The second-order valence-electron chi connectivity index (χ2n) is 6.77. The average molecular weight is 392 g/mol. The molecule has 146 valence electrons. The molecule has 0 spiro atoms. The number of aromatic nitrogens is 2. The number of hydrogen-bond acceptors (Lipinski definition) is 5. The molecule has 1 aliphatic rings. The van der Waals surface area contributed by atoms with Gasteiger partial charge in [0.15, 0.2) is 0 Å². The van der Waals surface area contributed by atoms with E-state index in [-0.39, 0.29) is 17.3 Å². The molecule has 1 aromatic carbocycles. The third kappa shape index (κ3) is 4.30. The number of nitrogens with one attached hydrogen (secondary N) is 1. The van der Waals surface area contributed by atoms with Gasteiger partial charge in [0.25, 0.3) is 0 Å². The highest BCUT2D eigenvalue weighted by Crippen LogP contribution is 2.30. The summed E-state index contributed by atoms with van der Waals surface area (Å²) in [6.07, 6.45) is 4.19. The first-order chi connectivity index (χ1) is 12.8. The second-order valence-corrected chi connectivity index (χ2v) is 8.48. The number of carbonyl (C=O) groups is 1. The third-order valence-corrected chi connectivity index (χ3v) is 6.09. The lowest BCUT2D eigenvalue weighted by Crippen LogP contribution is -2.31. The summed E-state index contributed by atoms with van der Waals surface area (Å²) in [6.45, 7) is 0.137. The minimum absolute atomic E-state index is 0.0646. The summed E-state index contributed by atoms with van der Waals surface area (Å²) in [7, 11) is 1.23. The van der Waals surface area contributed by atoms with Gasteiger partial charge in [-0.3, -0.25) is 9.48 Å². The van der Waals surface area contributed by atoms with Crippen molar-refractivity contribution < 1.29 is 17.9 Å². The predicted molar refractivity (Wildman–Crippen MR) is 99.9 cm³/mol. The molecular formula is C18H24N4O4S. The summed E-state index contributed by atoms with van der Waals surface area (Å²) in [5, 5.41) is 4.48. The van der Waals surface area contributed by atoms with Crippen LogP contribution >= 0.6 is 0 Å². The van der Waals surface area contributed by atoms with Crippen LogP contribution in [0.2, 0.25) is 0 Å². The van der Waals surface area contributed by atoms with Gasteiger partial charge in [0, 0.05) is 20.3 Å². The lowest BCUT2D eigenvalue weighted by molar-refractivity contribution is -0.129. The molecule has 0 aliphatic heterocycles. The van der Waals surface area contributed by atoms with E-state index in [0.29, 0.717) is 17.9 Å². The average Bonchev–Trinajstić information content (AvgIpc) is 3.05. The van der Waals surface area contributed by atoms with Gasteiger partial charge in [-0.25, -0.2) is 13.1 Å². The quantitative estimate of drug-likeness (QED) is 0.801. The van der Waals surface area contributed by atoms with Crippen molar-refractivity contribution in [1.82, 2.24) is 19.4 Å². The molecule has 27 heavy (non-hydrogen) atoms. The Labute approximate surface area is 159 Å². The minimum Gasteiger partial charge on any atom is -0.497 e. The molecule has 0 fully saturated rings. The molecule has 1 atom stereocenters. The standard InChI is InChI=1S/C18H24N4O4S/c1-21(2)17(23)12-22-11-13-5-4-6-16(18(13)19-22)20-27(24,25)15-9-7-14(26-3)8-10-15/h7-11,16,20H,4-6,12H2,1-3H3/t16-/m0/s1. The van der Waals surface area contributed by atoms with Crippen LogP contribution in [0.25, 0.3) is 0 Å². The van der Waals surface area contributed by atoms with E-state index in [2.05, 4.69) is 9.82 Å². The molecule has 1 N–H and O–H groups in total. The maximum atomic E-state index is 12.7. The van der Waals surface area contributed by atoms with E-state index in [1.54, 1.807) is 30.9 Å². The van der Waals surface area contributed by atoms with Gasteiger partial charge in [0.2, 0.25) is 15.9 Å². The van der Waals surface area contributed by atoms with Crippen molar-refractivity contribution in [1.29, 1.82) is 0 Å². The van der Waals surface area contributed by atoms with Crippen LogP contribution in [0.1, 0.15) is 30.1 Å². The molecule has 0 saturated carbocycles. The van der Waals surface area contributed by atoms with Crippen LogP contribution in [0.3, 0.4) is 0 Å². The van der Waals surface area contributed by atoms with Crippen LogP contribution in [-0.4, -0.2) is 50.2 Å². The van der Waals surface area contributed by atoms with Crippen molar-refractivity contribution in [2.75, 3.05) is 21.2 Å². The first-order valence-electron chi connectivity index (χ1n) is 8.73. The van der Waals surface area contributed by atoms with Gasteiger partial charge in [-0.2, -0.15) is 5.10 Å². The Morgan fingerprint density at radius 3 is 2.67 bits per heavy atom. The Bertz CT molecular complexity index is 919. The van der Waals surface area contributed by atoms with Crippen molar-refractivity contribution in [2.24, 2.45) is 0 Å². The number of likely N-dealkylation sites (N-methyl/N-ethyl adjacent to an activating group) is 1. The van der Waals surface area contributed by atoms with Crippen molar-refractivity contribution in [2.45, 2.75) is 36.7 Å². The second kappa shape index (κ2) is 7.69. The Hall–Kier alpha value is -2.39. The highest BCUT2D eigenvalue weighted by molar-refractivity contribution is 7.89. The van der Waals surface area contributed by atoms with E-state index in [4.69, 9.17) is 4.74 Å². The highest BCUT2D eigenvalue weighted by atomic mass is 32.2. The monoisotopic (exact) mass is 392 g/mol. The summed E-state index contributed by atoms with van der Waals surface area (Å²) < 4.78 is 34.9. The molecule has 2 aromatic rings. The largest absolute Gasteiger partial charge is 0.497 e. The Morgan fingerprint density at radius 1 is 1.33 bits per heavy atom. The number of fused-ring (bicyclic) bond motifs is 1. The molecule has 1 aromatic heterocycles. The molecule has 0 unspecified atom stereocenters. The lowest BCUT2D eigenvalue weighted by atomic mass is 9.94. The van der Waals surface area contributed by atoms with Crippen LogP contribution in [0.4, 0.5) is 0 Å². The number of hydrogen-bond donors (Lipinski definition) is 1. The number of amides is 1. The number of sulfonamides is 1. The van der Waals surface area contributed by atoms with Gasteiger partial charge in [-0.05, 0) is 49.1 Å². The van der Waals surface area contributed by atoms with Crippen molar-refractivity contribution in [3.8, 4) is 5.75 Å². The van der Waals surface area contributed by atoms with Gasteiger partial charge >= 0.3 is 0 Å². The topological polar surface area (TPSA) is 93.5 Å². The van der Waals surface area contributed by atoms with Crippen molar-refractivity contribution in [3.63, 3.8) is 0 Å². The van der Waals surface area contributed by atoms with E-state index in [0.717, 1.165) is 18.4 Å². The summed E-state index contributed by atoms with van der Waals surface area (Å²) in [5.74, 6) is 0.531. The minimum atomic E-state index is -3.68. The van der Waals surface area contributed by atoms with Crippen LogP contribution in [0.5, 0.6) is 5.75 Å². The van der Waals surface area contributed by atoms with Crippen molar-refractivity contribution in [3.05, 3.63) is 41.7 Å². The maximum Gasteiger partial charge on any atom is 0.243 e. The van der Waals surface area contributed by atoms with Crippen LogP contribution < -0.4 is 9.46 Å².